The van der Waals surface area contributed by atoms with Gasteiger partial charge in [-0.05, 0) is 30.7 Å². The highest BCUT2D eigenvalue weighted by atomic mass is 16.4. The fraction of sp³-hybridized carbons (Fsp3) is 0.455. The van der Waals surface area contributed by atoms with E-state index < -0.39 is 5.97 Å². The lowest BCUT2D eigenvalue weighted by Gasteiger charge is -2.15. The maximum absolute atomic E-state index is 10.7. The highest BCUT2D eigenvalue weighted by Gasteiger charge is 2.37. The molecule has 1 heterocycles. The highest BCUT2D eigenvalue weighted by Crippen LogP contribution is 2.48. The van der Waals surface area contributed by atoms with Crippen molar-refractivity contribution >= 4 is 5.97 Å². The lowest BCUT2D eigenvalue weighted by Crippen LogP contribution is -2.05. The molecule has 1 saturated carbocycles. The van der Waals surface area contributed by atoms with E-state index in [1.807, 2.05) is 0 Å². The van der Waals surface area contributed by atoms with Gasteiger partial charge in [0, 0.05) is 11.6 Å². The number of hydrogen-bond acceptors (Lipinski definition) is 2. The maximum atomic E-state index is 10.7. The summed E-state index contributed by atoms with van der Waals surface area (Å²) >= 11 is 0. The number of fused-ring (bicyclic) bond motifs is 2. The molecule has 0 amide bonds. The second kappa shape index (κ2) is 2.95. The van der Waals surface area contributed by atoms with Crippen LogP contribution in [0.15, 0.2) is 18.2 Å². The first kappa shape index (κ1) is 8.71. The molecule has 0 aliphatic heterocycles. The van der Waals surface area contributed by atoms with Crippen LogP contribution in [0.1, 0.15) is 34.9 Å². The molecule has 2 bridgehead atoms. The Kier molecular flexibility index (Phi) is 1.71. The number of H-pyrrole nitrogens is 1. The fourth-order valence-corrected chi connectivity index (χ4v) is 2.77. The summed E-state index contributed by atoms with van der Waals surface area (Å²) in [4.78, 5) is 10.7. The van der Waals surface area contributed by atoms with E-state index in [-0.39, 0.29) is 5.69 Å². The van der Waals surface area contributed by atoms with Gasteiger partial charge in [-0.15, -0.1) is 0 Å². The number of carboxylic acids is 1. The smallest absolute Gasteiger partial charge is 0.356 e. The van der Waals surface area contributed by atoms with Crippen molar-refractivity contribution in [1.82, 2.24) is 10.2 Å². The Morgan fingerprint density at radius 2 is 2.33 bits per heavy atom. The predicted octanol–water partition coefficient (Wildman–Crippen LogP) is 1.79. The number of allylic oxidation sites excluding steroid dienone is 2. The third kappa shape index (κ3) is 1.28. The van der Waals surface area contributed by atoms with Gasteiger partial charge < -0.3 is 5.11 Å². The molecule has 78 valence electrons. The number of carboxylic acid groups (broad SMARTS) is 1. The van der Waals surface area contributed by atoms with Crippen LogP contribution >= 0.6 is 0 Å². The van der Waals surface area contributed by atoms with E-state index in [0.717, 1.165) is 12.1 Å². The Morgan fingerprint density at radius 3 is 2.87 bits per heavy atom. The molecule has 4 heteroatoms. The van der Waals surface area contributed by atoms with Gasteiger partial charge >= 0.3 is 5.97 Å². The monoisotopic (exact) mass is 204 g/mol. The number of aromatic carboxylic acids is 1. The maximum Gasteiger partial charge on any atom is 0.356 e. The number of carbonyl (C=O) groups is 1. The number of rotatable bonds is 2. The minimum absolute atomic E-state index is 0.122. The second-order valence-electron chi connectivity index (χ2n) is 4.40. The minimum atomic E-state index is -0.962. The van der Waals surface area contributed by atoms with Gasteiger partial charge in [0.1, 0.15) is 0 Å². The fourth-order valence-electron chi connectivity index (χ4n) is 2.77. The molecule has 1 aromatic rings. The normalized spacial score (nSPS) is 32.4. The molecule has 0 spiro atoms. The lowest BCUT2D eigenvalue weighted by molar-refractivity contribution is 0.0690. The van der Waals surface area contributed by atoms with Crippen molar-refractivity contribution in [1.29, 1.82) is 0 Å². The van der Waals surface area contributed by atoms with E-state index in [0.29, 0.717) is 17.8 Å². The molecule has 4 nitrogen and oxygen atoms in total. The van der Waals surface area contributed by atoms with Gasteiger partial charge in [0.15, 0.2) is 5.69 Å². The average Bonchev–Trinajstić information content (AvgIpc) is 2.93. The summed E-state index contributed by atoms with van der Waals surface area (Å²) in [6, 6.07) is 1.67. The van der Waals surface area contributed by atoms with Gasteiger partial charge in [0.2, 0.25) is 0 Å². The summed E-state index contributed by atoms with van der Waals surface area (Å²) in [5.41, 5.74) is 1.10. The van der Waals surface area contributed by atoms with Crippen LogP contribution in [-0.2, 0) is 0 Å². The van der Waals surface area contributed by atoms with Crippen LogP contribution in [0.25, 0.3) is 0 Å². The van der Waals surface area contributed by atoms with Gasteiger partial charge in [0.05, 0.1) is 0 Å². The van der Waals surface area contributed by atoms with Crippen LogP contribution in [0.2, 0.25) is 0 Å². The Balaban J connectivity index is 1.87. The van der Waals surface area contributed by atoms with Crippen LogP contribution in [0, 0.1) is 11.8 Å². The van der Waals surface area contributed by atoms with Crippen molar-refractivity contribution in [2.75, 3.05) is 0 Å². The quantitative estimate of drug-likeness (QED) is 0.722. The molecular formula is C11H12N2O2. The standard InChI is InChI=1S/C11H12N2O2/c14-11(15)10-5-9(12-13-10)8-4-6-1-2-7(8)3-6/h1-2,5-8H,3-4H2,(H,12,13)(H,14,15). The topological polar surface area (TPSA) is 66.0 Å². The molecular weight excluding hydrogens is 192 g/mol. The molecule has 2 aliphatic rings. The third-order valence-corrected chi connectivity index (χ3v) is 3.50. The summed E-state index contributed by atoms with van der Waals surface area (Å²) in [5.74, 6) is 0.755. The number of nitrogens with one attached hydrogen (secondary N) is 1. The Labute approximate surface area is 87.0 Å². The van der Waals surface area contributed by atoms with E-state index in [2.05, 4.69) is 22.3 Å². The van der Waals surface area contributed by atoms with Crippen molar-refractivity contribution in [3.8, 4) is 0 Å². The first-order valence-electron chi connectivity index (χ1n) is 5.21. The molecule has 3 rings (SSSR count). The first-order chi connectivity index (χ1) is 7.24. The van der Waals surface area contributed by atoms with E-state index in [1.165, 1.54) is 6.42 Å². The molecule has 2 aliphatic carbocycles. The Bertz CT molecular complexity index is 436. The number of hydrogen-bond donors (Lipinski definition) is 2. The van der Waals surface area contributed by atoms with Gasteiger partial charge in [-0.1, -0.05) is 12.2 Å². The summed E-state index contributed by atoms with van der Waals surface area (Å²) in [7, 11) is 0. The SMILES string of the molecule is O=C(O)c1cc(C2CC3C=CC2C3)[nH]n1. The molecule has 3 unspecified atom stereocenters. The molecule has 1 aromatic heterocycles. The zero-order valence-corrected chi connectivity index (χ0v) is 8.18. The molecule has 2 N–H and O–H groups in total. The van der Waals surface area contributed by atoms with Crippen LogP contribution in [-0.4, -0.2) is 21.3 Å². The number of aromatic nitrogens is 2. The molecule has 0 radical (unpaired) electrons. The number of nitrogens with zero attached hydrogens (tertiary/aromatic N) is 1. The van der Waals surface area contributed by atoms with Gasteiger partial charge in [-0.25, -0.2) is 4.79 Å². The molecule has 3 atom stereocenters. The first-order valence-corrected chi connectivity index (χ1v) is 5.21. The van der Waals surface area contributed by atoms with Crippen molar-refractivity contribution in [2.45, 2.75) is 18.8 Å². The predicted molar refractivity (Wildman–Crippen MR) is 53.6 cm³/mol. The van der Waals surface area contributed by atoms with E-state index in [9.17, 15) is 4.79 Å². The van der Waals surface area contributed by atoms with Crippen LogP contribution < -0.4 is 0 Å². The molecule has 0 saturated heterocycles. The number of aromatic amines is 1. The van der Waals surface area contributed by atoms with Crippen LogP contribution in [0.4, 0.5) is 0 Å². The zero-order chi connectivity index (χ0) is 10.4. The highest BCUT2D eigenvalue weighted by molar-refractivity contribution is 5.85. The molecule has 1 fully saturated rings. The van der Waals surface area contributed by atoms with E-state index >= 15 is 0 Å². The third-order valence-electron chi connectivity index (χ3n) is 3.50. The summed E-state index contributed by atoms with van der Waals surface area (Å²) < 4.78 is 0. The Hall–Kier alpha value is -1.58. The van der Waals surface area contributed by atoms with Crippen molar-refractivity contribution in [3.05, 3.63) is 29.6 Å². The minimum Gasteiger partial charge on any atom is -0.476 e. The summed E-state index contributed by atoms with van der Waals surface area (Å²) in [5, 5.41) is 15.4. The Morgan fingerprint density at radius 1 is 1.47 bits per heavy atom. The summed E-state index contributed by atoms with van der Waals surface area (Å²) in [6.07, 6.45) is 6.87. The largest absolute Gasteiger partial charge is 0.476 e. The molecule has 15 heavy (non-hydrogen) atoms. The van der Waals surface area contributed by atoms with Crippen LogP contribution in [0.3, 0.4) is 0 Å². The average molecular weight is 204 g/mol. The van der Waals surface area contributed by atoms with Crippen molar-refractivity contribution < 1.29 is 9.90 Å². The van der Waals surface area contributed by atoms with Gasteiger partial charge in [-0.2, -0.15) is 5.10 Å². The van der Waals surface area contributed by atoms with Crippen molar-refractivity contribution in [3.63, 3.8) is 0 Å². The van der Waals surface area contributed by atoms with Gasteiger partial charge in [-0.3, -0.25) is 5.10 Å². The second-order valence-corrected chi connectivity index (χ2v) is 4.40. The van der Waals surface area contributed by atoms with Gasteiger partial charge in [0.25, 0.3) is 0 Å². The van der Waals surface area contributed by atoms with Crippen molar-refractivity contribution in [2.24, 2.45) is 11.8 Å². The van der Waals surface area contributed by atoms with E-state index in [1.54, 1.807) is 6.07 Å². The van der Waals surface area contributed by atoms with Crippen LogP contribution in [0.5, 0.6) is 0 Å². The van der Waals surface area contributed by atoms with E-state index in [4.69, 9.17) is 5.11 Å². The molecule has 0 aromatic carbocycles. The summed E-state index contributed by atoms with van der Waals surface area (Å²) in [6.45, 7) is 0. The zero-order valence-electron chi connectivity index (χ0n) is 8.18. The lowest BCUT2D eigenvalue weighted by atomic mass is 9.90.